The highest BCUT2D eigenvalue weighted by Crippen LogP contribution is 2.17. The first-order valence-corrected chi connectivity index (χ1v) is 8.91. The van der Waals surface area contributed by atoms with Crippen LogP contribution in [0.15, 0.2) is 29.2 Å². The van der Waals surface area contributed by atoms with E-state index in [0.29, 0.717) is 24.8 Å². The van der Waals surface area contributed by atoms with Crippen molar-refractivity contribution in [2.24, 2.45) is 5.92 Å². The third-order valence-electron chi connectivity index (χ3n) is 3.40. The van der Waals surface area contributed by atoms with E-state index in [1.165, 1.54) is 0 Å². The molecule has 1 atom stereocenters. The molecule has 2 N–H and O–H groups in total. The number of rotatable bonds is 7. The smallest absolute Gasteiger partial charge is 0.240 e. The first-order valence-electron chi connectivity index (χ1n) is 7.43. The summed E-state index contributed by atoms with van der Waals surface area (Å²) >= 11 is 0. The van der Waals surface area contributed by atoms with Crippen LogP contribution in [0.5, 0.6) is 5.75 Å². The van der Waals surface area contributed by atoms with E-state index >= 15 is 0 Å². The molecule has 0 aliphatic carbocycles. The minimum absolute atomic E-state index is 0.244. The van der Waals surface area contributed by atoms with E-state index in [9.17, 15) is 8.42 Å². The maximum absolute atomic E-state index is 12.2. The predicted molar refractivity (Wildman–Crippen MR) is 83.0 cm³/mol. The van der Waals surface area contributed by atoms with Gasteiger partial charge in [-0.2, -0.15) is 0 Å². The Kier molecular flexibility index (Phi) is 5.61. The summed E-state index contributed by atoms with van der Waals surface area (Å²) in [5, 5.41) is 3.27. The Hall–Kier alpha value is -1.11. The predicted octanol–water partition coefficient (Wildman–Crippen LogP) is 1.75. The molecule has 0 radical (unpaired) electrons. The monoisotopic (exact) mass is 312 g/mol. The first kappa shape index (κ1) is 16.3. The molecule has 0 bridgehead atoms. The van der Waals surface area contributed by atoms with Crippen molar-refractivity contribution in [2.75, 3.05) is 19.7 Å². The van der Waals surface area contributed by atoms with Crippen molar-refractivity contribution in [1.29, 1.82) is 0 Å². The van der Waals surface area contributed by atoms with E-state index in [1.54, 1.807) is 24.3 Å². The Morgan fingerprint density at radius 3 is 2.62 bits per heavy atom. The lowest BCUT2D eigenvalue weighted by Crippen LogP contribution is -2.37. The van der Waals surface area contributed by atoms with Crippen LogP contribution in [0.4, 0.5) is 0 Å². The maximum atomic E-state index is 12.2. The lowest BCUT2D eigenvalue weighted by atomic mass is 10.2. The van der Waals surface area contributed by atoms with Crippen LogP contribution in [0.25, 0.3) is 0 Å². The van der Waals surface area contributed by atoms with Gasteiger partial charge in [-0.3, -0.25) is 0 Å². The molecule has 1 aromatic carbocycles. The molecule has 1 saturated heterocycles. The summed E-state index contributed by atoms with van der Waals surface area (Å²) in [5.74, 6) is 1.13. The second-order valence-electron chi connectivity index (χ2n) is 5.82. The van der Waals surface area contributed by atoms with Gasteiger partial charge in [-0.1, -0.05) is 13.8 Å². The maximum Gasteiger partial charge on any atom is 0.240 e. The number of nitrogens with one attached hydrogen (secondary N) is 2. The Labute approximate surface area is 127 Å². The quantitative estimate of drug-likeness (QED) is 0.805. The Morgan fingerprint density at radius 2 is 2.05 bits per heavy atom. The van der Waals surface area contributed by atoms with Crippen molar-refractivity contribution >= 4 is 10.0 Å². The van der Waals surface area contributed by atoms with Gasteiger partial charge in [0.05, 0.1) is 11.5 Å². The molecule has 6 heteroatoms. The van der Waals surface area contributed by atoms with Gasteiger partial charge < -0.3 is 10.1 Å². The van der Waals surface area contributed by atoms with Gasteiger partial charge in [0.2, 0.25) is 10.0 Å². The fraction of sp³-hybridized carbons (Fsp3) is 0.600. The zero-order valence-corrected chi connectivity index (χ0v) is 13.4. The highest BCUT2D eigenvalue weighted by atomic mass is 32.2. The molecule has 1 unspecified atom stereocenters. The van der Waals surface area contributed by atoms with E-state index in [4.69, 9.17) is 4.74 Å². The van der Waals surface area contributed by atoms with Gasteiger partial charge in [0.15, 0.2) is 0 Å². The molecule has 118 valence electrons. The number of hydrogen-bond acceptors (Lipinski definition) is 4. The second kappa shape index (κ2) is 7.24. The molecular formula is C15H24N2O3S. The Bertz CT molecular complexity index is 535. The zero-order chi connectivity index (χ0) is 15.3. The Morgan fingerprint density at radius 1 is 1.33 bits per heavy atom. The molecule has 21 heavy (non-hydrogen) atoms. The average molecular weight is 312 g/mol. The molecule has 1 aliphatic rings. The van der Waals surface area contributed by atoms with Gasteiger partial charge in [-0.15, -0.1) is 0 Å². The molecule has 0 saturated carbocycles. The molecule has 2 rings (SSSR count). The minimum atomic E-state index is -3.44. The lowest BCUT2D eigenvalue weighted by Gasteiger charge is -2.13. The van der Waals surface area contributed by atoms with Crippen molar-refractivity contribution in [2.45, 2.75) is 37.6 Å². The van der Waals surface area contributed by atoms with Gasteiger partial charge in [0.25, 0.3) is 0 Å². The van der Waals surface area contributed by atoms with Crippen molar-refractivity contribution in [3.63, 3.8) is 0 Å². The SMILES string of the molecule is CC(C)COc1ccc(S(=O)(=O)NCC2CCCN2)cc1. The van der Waals surface area contributed by atoms with E-state index < -0.39 is 10.0 Å². The Balaban J connectivity index is 1.92. The van der Waals surface area contributed by atoms with Crippen molar-refractivity contribution in [3.8, 4) is 5.75 Å². The summed E-state index contributed by atoms with van der Waals surface area (Å²) in [6.07, 6.45) is 2.12. The minimum Gasteiger partial charge on any atom is -0.493 e. The topological polar surface area (TPSA) is 67.4 Å². The first-order chi connectivity index (χ1) is 9.97. The van der Waals surface area contributed by atoms with Crippen molar-refractivity contribution < 1.29 is 13.2 Å². The summed E-state index contributed by atoms with van der Waals surface area (Å²) in [5.41, 5.74) is 0. The van der Waals surface area contributed by atoms with Crippen LogP contribution >= 0.6 is 0 Å². The summed E-state index contributed by atoms with van der Waals surface area (Å²) < 4.78 is 32.6. The summed E-state index contributed by atoms with van der Waals surface area (Å²) in [7, 11) is -3.44. The van der Waals surface area contributed by atoms with Crippen LogP contribution in [0.2, 0.25) is 0 Å². The fourth-order valence-corrected chi connectivity index (χ4v) is 3.28. The van der Waals surface area contributed by atoms with E-state index in [2.05, 4.69) is 23.9 Å². The van der Waals surface area contributed by atoms with Gasteiger partial charge in [-0.05, 0) is 49.6 Å². The third kappa shape index (κ3) is 4.98. The lowest BCUT2D eigenvalue weighted by molar-refractivity contribution is 0.271. The normalized spacial score (nSPS) is 19.1. The van der Waals surface area contributed by atoms with E-state index in [-0.39, 0.29) is 10.9 Å². The highest BCUT2D eigenvalue weighted by molar-refractivity contribution is 7.89. The molecule has 0 amide bonds. The van der Waals surface area contributed by atoms with Crippen LogP contribution in [0, 0.1) is 5.92 Å². The van der Waals surface area contributed by atoms with Crippen LogP contribution in [-0.2, 0) is 10.0 Å². The molecular weight excluding hydrogens is 288 g/mol. The molecule has 1 heterocycles. The second-order valence-corrected chi connectivity index (χ2v) is 7.59. The molecule has 0 spiro atoms. The summed E-state index contributed by atoms with van der Waals surface area (Å²) in [4.78, 5) is 0.275. The molecule has 1 aliphatic heterocycles. The number of sulfonamides is 1. The van der Waals surface area contributed by atoms with Crippen LogP contribution in [-0.4, -0.2) is 34.2 Å². The van der Waals surface area contributed by atoms with Crippen LogP contribution in [0.1, 0.15) is 26.7 Å². The molecule has 0 aromatic heterocycles. The third-order valence-corrected chi connectivity index (χ3v) is 4.84. The van der Waals surface area contributed by atoms with Gasteiger partial charge >= 0.3 is 0 Å². The summed E-state index contributed by atoms with van der Waals surface area (Å²) in [6, 6.07) is 6.81. The molecule has 1 aromatic rings. The van der Waals surface area contributed by atoms with Crippen LogP contribution < -0.4 is 14.8 Å². The number of benzene rings is 1. The van der Waals surface area contributed by atoms with Crippen molar-refractivity contribution in [1.82, 2.24) is 10.0 Å². The van der Waals surface area contributed by atoms with E-state index in [1.807, 2.05) is 0 Å². The van der Waals surface area contributed by atoms with Crippen molar-refractivity contribution in [3.05, 3.63) is 24.3 Å². The fourth-order valence-electron chi connectivity index (χ4n) is 2.20. The highest BCUT2D eigenvalue weighted by Gasteiger charge is 2.19. The zero-order valence-electron chi connectivity index (χ0n) is 12.6. The van der Waals surface area contributed by atoms with Gasteiger partial charge in [0, 0.05) is 12.6 Å². The molecule has 1 fully saturated rings. The van der Waals surface area contributed by atoms with Gasteiger partial charge in [-0.25, -0.2) is 13.1 Å². The van der Waals surface area contributed by atoms with Crippen LogP contribution in [0.3, 0.4) is 0 Å². The average Bonchev–Trinajstić information content (AvgIpc) is 2.97. The largest absolute Gasteiger partial charge is 0.493 e. The number of ether oxygens (including phenoxy) is 1. The standard InChI is InChI=1S/C15H24N2O3S/c1-12(2)11-20-14-5-7-15(8-6-14)21(18,19)17-10-13-4-3-9-16-13/h5-8,12-13,16-17H,3-4,9-11H2,1-2H3. The van der Waals surface area contributed by atoms with Gasteiger partial charge in [0.1, 0.15) is 5.75 Å². The van der Waals surface area contributed by atoms with E-state index in [0.717, 1.165) is 19.4 Å². The summed E-state index contributed by atoms with van der Waals surface area (Å²) in [6.45, 7) is 6.17. The molecule has 5 nitrogen and oxygen atoms in total. The number of hydrogen-bond donors (Lipinski definition) is 2.